The SMILES string of the molecule is CCn1c(S[C@H](C)C(=O)Nc2ccc3c(c2)OCO3)nc2ccccc2c1=O. The van der Waals surface area contributed by atoms with E-state index >= 15 is 0 Å². The number of thioether (sulfide) groups is 1. The lowest BCUT2D eigenvalue weighted by Gasteiger charge is -2.15. The highest BCUT2D eigenvalue weighted by Gasteiger charge is 2.20. The molecule has 0 aliphatic carbocycles. The Hall–Kier alpha value is -3.00. The first-order valence-corrected chi connectivity index (χ1v) is 9.81. The summed E-state index contributed by atoms with van der Waals surface area (Å²) in [6, 6.07) is 12.5. The lowest BCUT2D eigenvalue weighted by molar-refractivity contribution is -0.115. The predicted molar refractivity (Wildman–Crippen MR) is 108 cm³/mol. The van der Waals surface area contributed by atoms with Crippen LogP contribution in [0.5, 0.6) is 11.5 Å². The molecule has 7 nitrogen and oxygen atoms in total. The van der Waals surface area contributed by atoms with E-state index in [9.17, 15) is 9.59 Å². The molecule has 144 valence electrons. The Kier molecular flexibility index (Phi) is 4.95. The molecule has 1 atom stereocenters. The van der Waals surface area contributed by atoms with Crippen LogP contribution in [0.25, 0.3) is 10.9 Å². The van der Waals surface area contributed by atoms with E-state index in [1.165, 1.54) is 11.8 Å². The maximum atomic E-state index is 12.7. The molecule has 0 saturated heterocycles. The van der Waals surface area contributed by atoms with E-state index < -0.39 is 5.25 Å². The van der Waals surface area contributed by atoms with Crippen LogP contribution >= 0.6 is 11.8 Å². The number of benzene rings is 2. The Bertz CT molecular complexity index is 1110. The summed E-state index contributed by atoms with van der Waals surface area (Å²) in [6.45, 7) is 4.34. The summed E-state index contributed by atoms with van der Waals surface area (Å²) in [4.78, 5) is 30.0. The molecule has 2 aromatic carbocycles. The second-order valence-electron chi connectivity index (χ2n) is 6.28. The number of nitrogens with one attached hydrogen (secondary N) is 1. The van der Waals surface area contributed by atoms with Crippen LogP contribution in [0.2, 0.25) is 0 Å². The number of carbonyl (C=O) groups is 1. The topological polar surface area (TPSA) is 82.5 Å². The van der Waals surface area contributed by atoms with Crippen molar-refractivity contribution in [2.45, 2.75) is 30.8 Å². The summed E-state index contributed by atoms with van der Waals surface area (Å²) in [7, 11) is 0. The van der Waals surface area contributed by atoms with E-state index in [1.54, 1.807) is 41.8 Å². The Morgan fingerprint density at radius 3 is 2.86 bits per heavy atom. The van der Waals surface area contributed by atoms with Gasteiger partial charge in [0, 0.05) is 18.3 Å². The highest BCUT2D eigenvalue weighted by Crippen LogP contribution is 2.34. The number of para-hydroxylation sites is 1. The quantitative estimate of drug-likeness (QED) is 0.526. The van der Waals surface area contributed by atoms with Gasteiger partial charge in [-0.2, -0.15) is 0 Å². The predicted octanol–water partition coefficient (Wildman–Crippen LogP) is 3.26. The lowest BCUT2D eigenvalue weighted by Crippen LogP contribution is -2.26. The van der Waals surface area contributed by atoms with Crippen molar-refractivity contribution in [3.63, 3.8) is 0 Å². The second kappa shape index (κ2) is 7.55. The third-order valence-electron chi connectivity index (χ3n) is 4.43. The van der Waals surface area contributed by atoms with Crippen molar-refractivity contribution in [2.24, 2.45) is 0 Å². The average Bonchev–Trinajstić information content (AvgIpc) is 3.16. The number of fused-ring (bicyclic) bond motifs is 2. The molecule has 0 radical (unpaired) electrons. The number of aromatic nitrogens is 2. The fraction of sp³-hybridized carbons (Fsp3) is 0.250. The van der Waals surface area contributed by atoms with Crippen LogP contribution < -0.4 is 20.3 Å². The van der Waals surface area contributed by atoms with E-state index in [2.05, 4.69) is 10.3 Å². The van der Waals surface area contributed by atoms with Crippen LogP contribution in [0.3, 0.4) is 0 Å². The monoisotopic (exact) mass is 397 g/mol. The van der Waals surface area contributed by atoms with Crippen LogP contribution in [-0.4, -0.2) is 27.5 Å². The van der Waals surface area contributed by atoms with Gasteiger partial charge in [-0.05, 0) is 38.1 Å². The second-order valence-corrected chi connectivity index (χ2v) is 7.59. The number of amides is 1. The van der Waals surface area contributed by atoms with Crippen LogP contribution in [0, 0.1) is 0 Å². The molecule has 0 saturated carbocycles. The summed E-state index contributed by atoms with van der Waals surface area (Å²) in [5.74, 6) is 1.08. The van der Waals surface area contributed by atoms with Crippen LogP contribution in [0.1, 0.15) is 13.8 Å². The Balaban J connectivity index is 1.55. The highest BCUT2D eigenvalue weighted by atomic mass is 32.2. The molecule has 1 aromatic heterocycles. The van der Waals surface area contributed by atoms with Gasteiger partial charge in [0.1, 0.15) is 0 Å². The highest BCUT2D eigenvalue weighted by molar-refractivity contribution is 8.00. The van der Waals surface area contributed by atoms with Gasteiger partial charge in [0.2, 0.25) is 12.7 Å². The third-order valence-corrected chi connectivity index (χ3v) is 5.52. The van der Waals surface area contributed by atoms with E-state index in [1.807, 2.05) is 19.1 Å². The minimum atomic E-state index is -0.448. The van der Waals surface area contributed by atoms with Crippen LogP contribution in [-0.2, 0) is 11.3 Å². The maximum absolute atomic E-state index is 12.7. The van der Waals surface area contributed by atoms with E-state index in [4.69, 9.17) is 9.47 Å². The first-order chi connectivity index (χ1) is 13.6. The van der Waals surface area contributed by atoms with Crippen molar-refractivity contribution in [2.75, 3.05) is 12.1 Å². The molecule has 4 rings (SSSR count). The molecule has 0 spiro atoms. The largest absolute Gasteiger partial charge is 0.454 e. The molecule has 3 aromatic rings. The van der Waals surface area contributed by atoms with Crippen LogP contribution in [0.4, 0.5) is 5.69 Å². The summed E-state index contributed by atoms with van der Waals surface area (Å²) < 4.78 is 12.2. The summed E-state index contributed by atoms with van der Waals surface area (Å²) in [5.41, 5.74) is 1.16. The minimum Gasteiger partial charge on any atom is -0.454 e. The smallest absolute Gasteiger partial charge is 0.262 e. The van der Waals surface area contributed by atoms with Gasteiger partial charge in [0.25, 0.3) is 5.56 Å². The Morgan fingerprint density at radius 2 is 2.04 bits per heavy atom. The Morgan fingerprint density at radius 1 is 1.25 bits per heavy atom. The summed E-state index contributed by atoms with van der Waals surface area (Å²) in [6.07, 6.45) is 0. The first kappa shape index (κ1) is 18.4. The maximum Gasteiger partial charge on any atom is 0.262 e. The molecule has 8 heteroatoms. The van der Waals surface area contributed by atoms with E-state index in [-0.39, 0.29) is 18.3 Å². The Labute approximate surface area is 165 Å². The number of ether oxygens (including phenoxy) is 2. The van der Waals surface area contributed by atoms with Crippen molar-refractivity contribution in [3.8, 4) is 11.5 Å². The van der Waals surface area contributed by atoms with Gasteiger partial charge in [-0.1, -0.05) is 23.9 Å². The van der Waals surface area contributed by atoms with Crippen LogP contribution in [0.15, 0.2) is 52.4 Å². The average molecular weight is 397 g/mol. The zero-order valence-electron chi connectivity index (χ0n) is 15.5. The van der Waals surface area contributed by atoms with Gasteiger partial charge < -0.3 is 14.8 Å². The molecule has 1 N–H and O–H groups in total. The number of carbonyl (C=O) groups excluding carboxylic acids is 1. The minimum absolute atomic E-state index is 0.0982. The zero-order valence-corrected chi connectivity index (χ0v) is 16.3. The van der Waals surface area contributed by atoms with Gasteiger partial charge in [-0.15, -0.1) is 0 Å². The third kappa shape index (κ3) is 3.43. The lowest BCUT2D eigenvalue weighted by atomic mass is 10.2. The summed E-state index contributed by atoms with van der Waals surface area (Å²) in [5, 5.41) is 3.53. The number of rotatable bonds is 5. The van der Waals surface area contributed by atoms with Gasteiger partial charge in [0.15, 0.2) is 16.7 Å². The number of anilines is 1. The number of hydrogen-bond acceptors (Lipinski definition) is 6. The van der Waals surface area contributed by atoms with Gasteiger partial charge in [-0.3, -0.25) is 14.2 Å². The standard InChI is InChI=1S/C20H19N3O4S/c1-3-23-19(25)14-6-4-5-7-15(14)22-20(23)28-12(2)18(24)21-13-8-9-16-17(10-13)27-11-26-16/h4-10,12H,3,11H2,1-2H3,(H,21,24)/t12-/m1/s1. The van der Waals surface area contributed by atoms with Crippen molar-refractivity contribution in [1.82, 2.24) is 9.55 Å². The molecular weight excluding hydrogens is 378 g/mol. The van der Waals surface area contributed by atoms with Crippen molar-refractivity contribution in [3.05, 3.63) is 52.8 Å². The van der Waals surface area contributed by atoms with E-state index in [0.29, 0.717) is 39.8 Å². The molecule has 1 amide bonds. The molecule has 1 aliphatic rings. The zero-order chi connectivity index (χ0) is 19.7. The summed E-state index contributed by atoms with van der Waals surface area (Å²) >= 11 is 1.26. The molecule has 0 fully saturated rings. The number of hydrogen-bond donors (Lipinski definition) is 1. The van der Waals surface area contributed by atoms with Gasteiger partial charge >= 0.3 is 0 Å². The molecule has 1 aliphatic heterocycles. The van der Waals surface area contributed by atoms with Gasteiger partial charge in [-0.25, -0.2) is 4.98 Å². The van der Waals surface area contributed by atoms with E-state index in [0.717, 1.165) is 0 Å². The fourth-order valence-electron chi connectivity index (χ4n) is 2.95. The number of nitrogens with zero attached hydrogens (tertiary/aromatic N) is 2. The molecule has 0 unspecified atom stereocenters. The van der Waals surface area contributed by atoms with Crippen molar-refractivity contribution in [1.29, 1.82) is 0 Å². The molecule has 28 heavy (non-hydrogen) atoms. The molecule has 2 heterocycles. The normalized spacial score (nSPS) is 13.5. The first-order valence-electron chi connectivity index (χ1n) is 8.93. The molecular formula is C20H19N3O4S. The van der Waals surface area contributed by atoms with Gasteiger partial charge in [0.05, 0.1) is 16.2 Å². The fourth-order valence-corrected chi connectivity index (χ4v) is 3.92. The molecule has 0 bridgehead atoms. The van der Waals surface area contributed by atoms with Crippen molar-refractivity contribution >= 4 is 34.3 Å². The van der Waals surface area contributed by atoms with Crippen molar-refractivity contribution < 1.29 is 14.3 Å².